The molecule has 0 bridgehead atoms. The number of carbonyl (C=O) groups is 2. The molecule has 0 aliphatic heterocycles. The largest absolute Gasteiger partial charge is 0.451 e. The van der Waals surface area contributed by atoms with E-state index in [2.05, 4.69) is 10.3 Å². The number of nitrogens with one attached hydrogen (secondary N) is 1. The normalized spacial score (nSPS) is 10.7. The summed E-state index contributed by atoms with van der Waals surface area (Å²) in [6.45, 7) is 5.98. The Kier molecular flexibility index (Phi) is 6.34. The van der Waals surface area contributed by atoms with Crippen LogP contribution in [0.15, 0.2) is 24.3 Å². The Morgan fingerprint density at radius 1 is 1.29 bits per heavy atom. The van der Waals surface area contributed by atoms with E-state index in [-0.39, 0.29) is 12.5 Å². The monoisotopic (exact) mass is 366 g/mol. The van der Waals surface area contributed by atoms with Crippen LogP contribution in [0.5, 0.6) is 0 Å². The predicted molar refractivity (Wildman–Crippen MR) is 95.4 cm³/mol. The maximum Gasteiger partial charge on any atom is 0.350 e. The van der Waals surface area contributed by atoms with Gasteiger partial charge in [0.05, 0.1) is 5.69 Å². The molecule has 2 aromatic rings. The summed E-state index contributed by atoms with van der Waals surface area (Å²) in [5.41, 5.74) is 1.46. The molecule has 1 N–H and O–H groups in total. The van der Waals surface area contributed by atoms with Gasteiger partial charge in [-0.15, -0.1) is 11.3 Å². The van der Waals surface area contributed by atoms with Crippen molar-refractivity contribution < 1.29 is 14.3 Å². The average Bonchev–Trinajstić information content (AvgIpc) is 2.93. The fraction of sp³-hybridized carbons (Fsp3) is 0.353. The number of hydrogen-bond donors (Lipinski definition) is 1. The van der Waals surface area contributed by atoms with Gasteiger partial charge < -0.3 is 10.1 Å². The maximum absolute atomic E-state index is 12.2. The van der Waals surface area contributed by atoms with E-state index < -0.39 is 5.97 Å². The first-order valence-corrected chi connectivity index (χ1v) is 8.73. The van der Waals surface area contributed by atoms with Crippen molar-refractivity contribution in [1.29, 1.82) is 0 Å². The molecule has 2 rings (SSSR count). The van der Waals surface area contributed by atoms with Gasteiger partial charge in [0.1, 0.15) is 9.88 Å². The first-order chi connectivity index (χ1) is 11.4. The van der Waals surface area contributed by atoms with Crippen LogP contribution in [0.3, 0.4) is 0 Å². The van der Waals surface area contributed by atoms with E-state index in [9.17, 15) is 9.59 Å². The van der Waals surface area contributed by atoms with Crippen LogP contribution in [0.25, 0.3) is 10.6 Å². The minimum atomic E-state index is -0.537. The van der Waals surface area contributed by atoms with E-state index in [0.717, 1.165) is 5.56 Å². The van der Waals surface area contributed by atoms with Crippen LogP contribution in [0.2, 0.25) is 5.02 Å². The van der Waals surface area contributed by atoms with Crippen LogP contribution in [-0.2, 0) is 9.53 Å². The van der Waals surface area contributed by atoms with Crippen molar-refractivity contribution in [2.75, 3.05) is 13.2 Å². The highest BCUT2D eigenvalue weighted by molar-refractivity contribution is 7.17. The van der Waals surface area contributed by atoms with Crippen LogP contribution in [-0.4, -0.2) is 30.0 Å². The number of thiazole rings is 1. The molecule has 0 atom stereocenters. The average molecular weight is 367 g/mol. The number of esters is 1. The molecule has 7 heteroatoms. The lowest BCUT2D eigenvalue weighted by molar-refractivity contribution is -0.124. The van der Waals surface area contributed by atoms with E-state index in [1.165, 1.54) is 11.3 Å². The summed E-state index contributed by atoms with van der Waals surface area (Å²) in [5.74, 6) is -0.502. The quantitative estimate of drug-likeness (QED) is 0.791. The summed E-state index contributed by atoms with van der Waals surface area (Å²) < 4.78 is 5.07. The van der Waals surface area contributed by atoms with Gasteiger partial charge in [-0.05, 0) is 25.0 Å². The van der Waals surface area contributed by atoms with Crippen LogP contribution in [0, 0.1) is 12.8 Å². The van der Waals surface area contributed by atoms with Crippen LogP contribution in [0.4, 0.5) is 0 Å². The minimum absolute atomic E-state index is 0.292. The Labute approximate surface area is 150 Å². The van der Waals surface area contributed by atoms with E-state index >= 15 is 0 Å². The van der Waals surface area contributed by atoms with Crippen LogP contribution < -0.4 is 5.32 Å². The van der Waals surface area contributed by atoms with Gasteiger partial charge in [0, 0.05) is 17.1 Å². The Morgan fingerprint density at radius 2 is 1.96 bits per heavy atom. The molecule has 1 heterocycles. The molecule has 1 aromatic heterocycles. The van der Waals surface area contributed by atoms with Crippen molar-refractivity contribution in [1.82, 2.24) is 10.3 Å². The van der Waals surface area contributed by atoms with E-state index in [0.29, 0.717) is 33.1 Å². The second-order valence-electron chi connectivity index (χ2n) is 5.71. The lowest BCUT2D eigenvalue weighted by Gasteiger charge is -2.07. The molecule has 0 unspecified atom stereocenters. The molecule has 5 nitrogen and oxygen atoms in total. The summed E-state index contributed by atoms with van der Waals surface area (Å²) in [6, 6.07) is 7.22. The fourth-order valence-electron chi connectivity index (χ4n) is 1.87. The minimum Gasteiger partial charge on any atom is -0.451 e. The Hall–Kier alpha value is -1.92. The van der Waals surface area contributed by atoms with Crippen molar-refractivity contribution in [2.24, 2.45) is 5.92 Å². The number of amides is 1. The molecule has 0 fully saturated rings. The fourth-order valence-corrected chi connectivity index (χ4v) is 2.96. The van der Waals surface area contributed by atoms with Crippen molar-refractivity contribution >= 4 is 34.8 Å². The highest BCUT2D eigenvalue weighted by atomic mass is 35.5. The van der Waals surface area contributed by atoms with Gasteiger partial charge in [-0.1, -0.05) is 37.6 Å². The van der Waals surface area contributed by atoms with Gasteiger partial charge in [0.25, 0.3) is 5.91 Å². The third kappa shape index (κ3) is 5.04. The molecular weight excluding hydrogens is 348 g/mol. The number of benzene rings is 1. The second kappa shape index (κ2) is 8.26. The summed E-state index contributed by atoms with van der Waals surface area (Å²) >= 11 is 7.11. The van der Waals surface area contributed by atoms with Crippen molar-refractivity contribution in [2.45, 2.75) is 20.8 Å². The molecule has 0 aliphatic rings. The van der Waals surface area contributed by atoms with Gasteiger partial charge in [-0.2, -0.15) is 0 Å². The topological polar surface area (TPSA) is 68.3 Å². The zero-order chi connectivity index (χ0) is 17.7. The van der Waals surface area contributed by atoms with Gasteiger partial charge in [0.15, 0.2) is 6.61 Å². The highest BCUT2D eigenvalue weighted by Gasteiger charge is 2.18. The Bertz CT molecular complexity index is 726. The third-order valence-corrected chi connectivity index (χ3v) is 4.55. The number of nitrogens with zero attached hydrogens (tertiary/aromatic N) is 1. The molecule has 0 spiro atoms. The van der Waals surface area contributed by atoms with Crippen LogP contribution >= 0.6 is 22.9 Å². The van der Waals surface area contributed by atoms with Crippen molar-refractivity contribution in [3.05, 3.63) is 39.9 Å². The molecule has 1 aromatic carbocycles. The van der Waals surface area contributed by atoms with Gasteiger partial charge >= 0.3 is 5.97 Å². The summed E-state index contributed by atoms with van der Waals surface area (Å²) in [4.78, 5) is 28.6. The Balaban J connectivity index is 2.00. The first kappa shape index (κ1) is 18.4. The van der Waals surface area contributed by atoms with E-state index in [4.69, 9.17) is 16.3 Å². The van der Waals surface area contributed by atoms with E-state index in [1.54, 1.807) is 19.1 Å². The number of aryl methyl sites for hydroxylation is 1. The number of carbonyl (C=O) groups excluding carboxylic acids is 2. The standard InChI is InChI=1S/C17H19ClN2O3S/c1-10(2)8-19-14(21)9-23-17(22)15-11(3)20-16(24-15)12-4-6-13(18)7-5-12/h4-7,10H,8-9H2,1-3H3,(H,19,21). The SMILES string of the molecule is Cc1nc(-c2ccc(Cl)cc2)sc1C(=O)OCC(=O)NCC(C)C. The molecule has 0 saturated heterocycles. The maximum atomic E-state index is 12.2. The van der Waals surface area contributed by atoms with Crippen molar-refractivity contribution in [3.63, 3.8) is 0 Å². The molecule has 0 radical (unpaired) electrons. The predicted octanol–water partition coefficient (Wildman–Crippen LogP) is 3.70. The molecule has 24 heavy (non-hydrogen) atoms. The van der Waals surface area contributed by atoms with Crippen molar-refractivity contribution in [3.8, 4) is 10.6 Å². The number of hydrogen-bond acceptors (Lipinski definition) is 5. The number of rotatable bonds is 6. The lowest BCUT2D eigenvalue weighted by atomic mass is 10.2. The van der Waals surface area contributed by atoms with Gasteiger partial charge in [-0.3, -0.25) is 4.79 Å². The first-order valence-electron chi connectivity index (χ1n) is 7.54. The summed E-state index contributed by atoms with van der Waals surface area (Å²) in [7, 11) is 0. The molecule has 0 saturated carbocycles. The third-order valence-electron chi connectivity index (χ3n) is 3.11. The molecule has 1 amide bonds. The molecular formula is C17H19ClN2O3S. The molecule has 128 valence electrons. The van der Waals surface area contributed by atoms with E-state index in [1.807, 2.05) is 26.0 Å². The number of ether oxygens (including phenoxy) is 1. The number of aromatic nitrogens is 1. The Morgan fingerprint density at radius 3 is 2.58 bits per heavy atom. The lowest BCUT2D eigenvalue weighted by Crippen LogP contribution is -2.31. The number of halogens is 1. The zero-order valence-electron chi connectivity index (χ0n) is 13.8. The highest BCUT2D eigenvalue weighted by Crippen LogP contribution is 2.29. The second-order valence-corrected chi connectivity index (χ2v) is 7.15. The van der Waals surface area contributed by atoms with Gasteiger partial charge in [0.2, 0.25) is 0 Å². The van der Waals surface area contributed by atoms with Crippen LogP contribution in [0.1, 0.15) is 29.2 Å². The molecule has 0 aliphatic carbocycles. The summed E-state index contributed by atoms with van der Waals surface area (Å²) in [6.07, 6.45) is 0. The smallest absolute Gasteiger partial charge is 0.350 e. The summed E-state index contributed by atoms with van der Waals surface area (Å²) in [5, 5.41) is 4.05. The zero-order valence-corrected chi connectivity index (χ0v) is 15.3. The van der Waals surface area contributed by atoms with Gasteiger partial charge in [-0.25, -0.2) is 9.78 Å².